The van der Waals surface area contributed by atoms with E-state index in [1.165, 1.54) is 27.5 Å². The Morgan fingerprint density at radius 3 is 1.76 bits per heavy atom. The van der Waals surface area contributed by atoms with Crippen molar-refractivity contribution in [3.8, 4) is 45.1 Å². The fraction of sp³-hybridized carbons (Fsp3) is 0.0426. The van der Waals surface area contributed by atoms with E-state index in [1.807, 2.05) is 0 Å². The Balaban J connectivity index is 1.40. The van der Waals surface area contributed by atoms with Gasteiger partial charge in [0.1, 0.15) is 11.5 Å². The van der Waals surface area contributed by atoms with Crippen LogP contribution in [0, 0.1) is 6.92 Å². The fourth-order valence-electron chi connectivity index (χ4n) is 7.84. The molecule has 1 aliphatic heterocycles. The Bertz CT molecular complexity index is 2430. The van der Waals surface area contributed by atoms with E-state index in [0.29, 0.717) is 0 Å². The molecule has 0 unspecified atom stereocenters. The number of benzene rings is 7. The molecular weight excluding hydrogens is 595 g/mol. The Kier molecular flexibility index (Phi) is 6.95. The van der Waals surface area contributed by atoms with Crippen LogP contribution in [0.2, 0.25) is 0 Å². The van der Waals surface area contributed by atoms with Crippen molar-refractivity contribution in [2.75, 3.05) is 0 Å². The van der Waals surface area contributed by atoms with Crippen LogP contribution in [0.25, 0.3) is 44.4 Å². The molecule has 0 bridgehead atoms. The number of nitrogens with zero attached hydrogens (tertiary/aromatic N) is 1. The molecule has 0 saturated heterocycles. The molecule has 232 valence electrons. The average molecular weight is 628 g/mol. The molecular formula is C47H33NO. The second-order valence-electron chi connectivity index (χ2n) is 12.7. The fourth-order valence-corrected chi connectivity index (χ4v) is 7.84. The first-order chi connectivity index (χ1) is 24.2. The molecule has 0 saturated carbocycles. The lowest BCUT2D eigenvalue weighted by Gasteiger charge is -2.42. The first-order valence-electron chi connectivity index (χ1n) is 16.8. The predicted octanol–water partition coefficient (Wildman–Crippen LogP) is 12.0. The first-order valence-corrected chi connectivity index (χ1v) is 16.8. The van der Waals surface area contributed by atoms with Gasteiger partial charge in [-0.15, -0.1) is 0 Å². The van der Waals surface area contributed by atoms with Crippen LogP contribution in [0.15, 0.2) is 182 Å². The number of pyridine rings is 1. The maximum absolute atomic E-state index is 6.62. The van der Waals surface area contributed by atoms with Gasteiger partial charge in [0.15, 0.2) is 0 Å². The van der Waals surface area contributed by atoms with Gasteiger partial charge in [-0.05, 0) is 63.7 Å². The topological polar surface area (TPSA) is 22.1 Å². The maximum atomic E-state index is 6.62. The van der Waals surface area contributed by atoms with Crippen molar-refractivity contribution in [2.24, 2.45) is 0 Å². The van der Waals surface area contributed by atoms with Gasteiger partial charge in [0, 0.05) is 22.3 Å². The molecule has 0 N–H and O–H groups in total. The minimum atomic E-state index is -0.664. The van der Waals surface area contributed by atoms with Gasteiger partial charge in [0.05, 0.1) is 16.8 Å². The molecule has 1 aromatic heterocycles. The van der Waals surface area contributed by atoms with E-state index in [2.05, 4.69) is 189 Å². The van der Waals surface area contributed by atoms with Crippen molar-refractivity contribution >= 4 is 10.8 Å². The third kappa shape index (κ3) is 4.60. The summed E-state index contributed by atoms with van der Waals surface area (Å²) in [6, 6.07) is 64.7. The molecule has 1 aliphatic rings. The van der Waals surface area contributed by atoms with Crippen molar-refractivity contribution in [3.63, 3.8) is 0 Å². The minimum Gasteiger partial charge on any atom is -0.457 e. The number of fused-ring (bicyclic) bond motifs is 3. The van der Waals surface area contributed by atoms with E-state index in [9.17, 15) is 0 Å². The molecule has 0 fully saturated rings. The summed E-state index contributed by atoms with van der Waals surface area (Å²) in [5.74, 6) is 1.72. The van der Waals surface area contributed by atoms with Crippen molar-refractivity contribution in [2.45, 2.75) is 12.3 Å². The second kappa shape index (κ2) is 11.8. The summed E-state index contributed by atoms with van der Waals surface area (Å²) in [4.78, 5) is 5.54. The molecule has 0 atom stereocenters. The van der Waals surface area contributed by atoms with Crippen LogP contribution in [-0.4, -0.2) is 4.98 Å². The molecule has 2 heterocycles. The number of para-hydroxylation sites is 2. The van der Waals surface area contributed by atoms with E-state index in [1.54, 1.807) is 0 Å². The monoisotopic (exact) mass is 627 g/mol. The van der Waals surface area contributed by atoms with Crippen LogP contribution in [0.5, 0.6) is 11.5 Å². The Hall–Kier alpha value is -6.25. The molecule has 8 aromatic rings. The number of ether oxygens (including phenoxy) is 1. The number of rotatable bonds is 5. The summed E-state index contributed by atoms with van der Waals surface area (Å²) in [5.41, 5.74) is 11.5. The lowest BCUT2D eigenvalue weighted by molar-refractivity contribution is 0.434. The van der Waals surface area contributed by atoms with Crippen LogP contribution >= 0.6 is 0 Å². The van der Waals surface area contributed by atoms with Gasteiger partial charge in [0.2, 0.25) is 0 Å². The normalized spacial score (nSPS) is 12.9. The molecule has 2 nitrogen and oxygen atoms in total. The Morgan fingerprint density at radius 1 is 0.469 bits per heavy atom. The smallest absolute Gasteiger partial charge is 0.132 e. The first kappa shape index (κ1) is 28.9. The van der Waals surface area contributed by atoms with Crippen LogP contribution in [0.1, 0.15) is 27.8 Å². The zero-order chi connectivity index (χ0) is 32.8. The average Bonchev–Trinajstić information content (AvgIpc) is 3.17. The standard InChI is InChI=1S/C47H33NO/c1-32-39(37-25-16-20-33-17-8-9-23-36(33)37)31-43(48-46(32)34-18-4-2-5-19-34)38-24-10-11-26-40(38)47(35-21-6-3-7-22-35)41-27-12-14-29-44(41)49-45-30-15-13-28-42(45)47/h2-31H,1H3. The molecule has 0 aliphatic carbocycles. The van der Waals surface area contributed by atoms with Crippen molar-refractivity contribution in [1.82, 2.24) is 4.98 Å². The van der Waals surface area contributed by atoms with Crippen LogP contribution in [-0.2, 0) is 5.41 Å². The summed E-state index contributed by atoms with van der Waals surface area (Å²) in [7, 11) is 0. The van der Waals surface area contributed by atoms with Crippen LogP contribution in [0.3, 0.4) is 0 Å². The van der Waals surface area contributed by atoms with E-state index < -0.39 is 5.41 Å². The zero-order valence-corrected chi connectivity index (χ0v) is 27.2. The van der Waals surface area contributed by atoms with Gasteiger partial charge in [-0.2, -0.15) is 0 Å². The van der Waals surface area contributed by atoms with E-state index >= 15 is 0 Å². The number of hydrogen-bond acceptors (Lipinski definition) is 2. The zero-order valence-electron chi connectivity index (χ0n) is 27.2. The van der Waals surface area contributed by atoms with Crippen molar-refractivity contribution < 1.29 is 4.74 Å². The third-order valence-electron chi connectivity index (χ3n) is 10.0. The maximum Gasteiger partial charge on any atom is 0.132 e. The summed E-state index contributed by atoms with van der Waals surface area (Å²) < 4.78 is 6.62. The lowest BCUT2D eigenvalue weighted by Crippen LogP contribution is -2.34. The largest absolute Gasteiger partial charge is 0.457 e. The van der Waals surface area contributed by atoms with E-state index in [4.69, 9.17) is 9.72 Å². The number of hydrogen-bond donors (Lipinski definition) is 0. The van der Waals surface area contributed by atoms with Gasteiger partial charge in [-0.25, -0.2) is 4.98 Å². The summed E-state index contributed by atoms with van der Waals surface area (Å²) in [6.07, 6.45) is 0. The lowest BCUT2D eigenvalue weighted by atomic mass is 9.62. The molecule has 0 radical (unpaired) electrons. The molecule has 2 heteroatoms. The molecule has 0 spiro atoms. The summed E-state index contributed by atoms with van der Waals surface area (Å²) >= 11 is 0. The summed E-state index contributed by atoms with van der Waals surface area (Å²) in [5, 5.41) is 2.45. The predicted molar refractivity (Wildman–Crippen MR) is 201 cm³/mol. The van der Waals surface area contributed by atoms with Gasteiger partial charge in [-0.1, -0.05) is 164 Å². The highest BCUT2D eigenvalue weighted by Gasteiger charge is 2.46. The van der Waals surface area contributed by atoms with Gasteiger partial charge in [0.25, 0.3) is 0 Å². The van der Waals surface area contributed by atoms with E-state index in [-0.39, 0.29) is 0 Å². The Morgan fingerprint density at radius 2 is 1.02 bits per heavy atom. The van der Waals surface area contributed by atoms with Gasteiger partial charge in [-0.3, -0.25) is 0 Å². The quantitative estimate of drug-likeness (QED) is 0.189. The highest BCUT2D eigenvalue weighted by atomic mass is 16.5. The third-order valence-corrected chi connectivity index (χ3v) is 10.0. The molecule has 49 heavy (non-hydrogen) atoms. The minimum absolute atomic E-state index is 0.664. The molecule has 0 amide bonds. The van der Waals surface area contributed by atoms with Gasteiger partial charge < -0.3 is 4.74 Å². The van der Waals surface area contributed by atoms with Crippen LogP contribution < -0.4 is 4.74 Å². The Labute approximate surface area is 287 Å². The highest BCUT2D eigenvalue weighted by Crippen LogP contribution is 2.57. The molecule has 9 rings (SSSR count). The van der Waals surface area contributed by atoms with Crippen LogP contribution in [0.4, 0.5) is 0 Å². The van der Waals surface area contributed by atoms with Crippen molar-refractivity contribution in [3.05, 3.63) is 210 Å². The van der Waals surface area contributed by atoms with Gasteiger partial charge >= 0.3 is 0 Å². The van der Waals surface area contributed by atoms with Crippen molar-refractivity contribution in [1.29, 1.82) is 0 Å². The SMILES string of the molecule is Cc1c(-c2cccc3ccccc23)cc(-c2ccccc2C2(c3ccccc3)c3ccccc3Oc3ccccc32)nc1-c1ccccc1. The highest BCUT2D eigenvalue weighted by molar-refractivity contribution is 5.99. The number of aromatic nitrogens is 1. The van der Waals surface area contributed by atoms with E-state index in [0.717, 1.165) is 56.3 Å². The molecule has 7 aromatic carbocycles. The second-order valence-corrected chi connectivity index (χ2v) is 12.7. The summed E-state index contributed by atoms with van der Waals surface area (Å²) in [6.45, 7) is 2.21.